The molecule has 0 spiro atoms. The molecule has 5 nitrogen and oxygen atoms in total. The zero-order valence-electron chi connectivity index (χ0n) is 12.1. The topological polar surface area (TPSA) is 58.4 Å². The van der Waals surface area contributed by atoms with E-state index in [0.717, 1.165) is 43.7 Å². The molecule has 1 N–H and O–H groups in total. The third-order valence-corrected chi connectivity index (χ3v) is 4.28. The van der Waals surface area contributed by atoms with E-state index in [1.54, 1.807) is 0 Å². The molecule has 1 amide bonds. The molecule has 2 rings (SSSR count). The number of piperidine rings is 1. The summed E-state index contributed by atoms with van der Waals surface area (Å²) in [7, 11) is 1.97. The molecule has 112 valence electrons. The van der Waals surface area contributed by atoms with Gasteiger partial charge >= 0.3 is 0 Å². The van der Waals surface area contributed by atoms with Gasteiger partial charge in [0.1, 0.15) is 0 Å². The summed E-state index contributed by atoms with van der Waals surface area (Å²) in [4.78, 5) is 14.2. The molecule has 0 saturated carbocycles. The number of carbonyl (C=O) groups is 1. The average Bonchev–Trinajstić information content (AvgIpc) is 2.77. The molecule has 20 heavy (non-hydrogen) atoms. The van der Waals surface area contributed by atoms with E-state index < -0.39 is 0 Å². The maximum absolute atomic E-state index is 12.2. The molecule has 0 radical (unpaired) electrons. The Morgan fingerprint density at radius 3 is 2.75 bits per heavy atom. The number of halogens is 1. The molecule has 6 heteroatoms. The molecule has 2 heterocycles. The van der Waals surface area contributed by atoms with Crippen LogP contribution in [0.2, 0.25) is 5.22 Å². The fourth-order valence-corrected chi connectivity index (χ4v) is 2.97. The lowest BCUT2D eigenvalue weighted by atomic mass is 9.96. The number of likely N-dealkylation sites (tertiary alicyclic amines) is 1. The predicted octanol–water partition coefficient (Wildman–Crippen LogP) is 2.03. The maximum atomic E-state index is 12.2. The van der Waals surface area contributed by atoms with Crippen molar-refractivity contribution >= 4 is 17.5 Å². The third-order valence-electron chi connectivity index (χ3n) is 3.99. The Balaban J connectivity index is 1.79. The largest absolute Gasteiger partial charge is 0.344 e. The summed E-state index contributed by atoms with van der Waals surface area (Å²) >= 11 is 5.91. The smallest absolute Gasteiger partial charge is 0.229 e. The van der Waals surface area contributed by atoms with Gasteiger partial charge < -0.3 is 14.7 Å². The normalized spacial score (nSPS) is 16.6. The van der Waals surface area contributed by atoms with Crippen molar-refractivity contribution in [1.82, 2.24) is 15.4 Å². The van der Waals surface area contributed by atoms with Crippen molar-refractivity contribution in [3.63, 3.8) is 0 Å². The number of amides is 1. The number of nitrogens with zero attached hydrogens (tertiary/aromatic N) is 2. The van der Waals surface area contributed by atoms with Gasteiger partial charge in [-0.1, -0.05) is 5.16 Å². The Morgan fingerprint density at radius 2 is 2.20 bits per heavy atom. The molecule has 0 aliphatic carbocycles. The highest BCUT2D eigenvalue weighted by Crippen LogP contribution is 2.22. The van der Waals surface area contributed by atoms with E-state index in [0.29, 0.717) is 24.0 Å². The Hall–Kier alpha value is -1.07. The van der Waals surface area contributed by atoms with Crippen molar-refractivity contribution in [2.45, 2.75) is 32.6 Å². The zero-order valence-corrected chi connectivity index (χ0v) is 12.9. The van der Waals surface area contributed by atoms with Crippen molar-refractivity contribution in [1.29, 1.82) is 0 Å². The number of aryl methyl sites for hydroxylation is 1. The molecule has 0 unspecified atom stereocenters. The summed E-state index contributed by atoms with van der Waals surface area (Å²) in [5, 5.41) is 7.31. The number of carbonyl (C=O) groups excluding carboxylic acids is 1. The first-order valence-electron chi connectivity index (χ1n) is 7.14. The van der Waals surface area contributed by atoms with Crippen molar-refractivity contribution in [3.8, 4) is 0 Å². The first-order valence-corrected chi connectivity index (χ1v) is 7.52. The second-order valence-corrected chi connectivity index (χ2v) is 5.75. The quantitative estimate of drug-likeness (QED) is 0.904. The van der Waals surface area contributed by atoms with E-state index in [9.17, 15) is 4.79 Å². The summed E-state index contributed by atoms with van der Waals surface area (Å²) in [5.74, 6) is 0.892. The molecule has 0 aromatic carbocycles. The lowest BCUT2D eigenvalue weighted by molar-refractivity contribution is -0.132. The maximum Gasteiger partial charge on any atom is 0.229 e. The van der Waals surface area contributed by atoms with Crippen LogP contribution in [0.25, 0.3) is 0 Å². The number of nitrogens with one attached hydrogen (secondary N) is 1. The third kappa shape index (κ3) is 3.73. The summed E-state index contributed by atoms with van der Waals surface area (Å²) in [6.07, 6.45) is 3.24. The van der Waals surface area contributed by atoms with Gasteiger partial charge in [0.15, 0.2) is 0 Å². The molecule has 1 aliphatic heterocycles. The van der Waals surface area contributed by atoms with Crippen LogP contribution in [0.5, 0.6) is 0 Å². The van der Waals surface area contributed by atoms with Gasteiger partial charge in [0.2, 0.25) is 11.1 Å². The van der Waals surface area contributed by atoms with Crippen LogP contribution in [0.1, 0.15) is 30.5 Å². The van der Waals surface area contributed by atoms with E-state index in [4.69, 9.17) is 16.1 Å². The molecule has 0 atom stereocenters. The molecule has 1 aromatic rings. The molecule has 1 aromatic heterocycles. The number of hydrogen-bond donors (Lipinski definition) is 1. The summed E-state index contributed by atoms with van der Waals surface area (Å²) < 4.78 is 4.90. The standard InChI is InChI=1S/C14H22ClN3O2/c1-10-12(14(15)20-17-10)3-4-13(19)18-7-5-11(6-8-18)9-16-2/h11,16H,3-9H2,1-2H3. The van der Waals surface area contributed by atoms with Gasteiger partial charge in [-0.25, -0.2) is 0 Å². The van der Waals surface area contributed by atoms with Crippen LogP contribution < -0.4 is 5.32 Å². The highest BCUT2D eigenvalue weighted by atomic mass is 35.5. The van der Waals surface area contributed by atoms with Crippen LogP contribution in [-0.2, 0) is 11.2 Å². The van der Waals surface area contributed by atoms with Crippen molar-refractivity contribution in [2.75, 3.05) is 26.7 Å². The highest BCUT2D eigenvalue weighted by molar-refractivity contribution is 6.29. The van der Waals surface area contributed by atoms with E-state index in [2.05, 4.69) is 10.5 Å². The highest BCUT2D eigenvalue weighted by Gasteiger charge is 2.22. The molecule has 0 bridgehead atoms. The zero-order chi connectivity index (χ0) is 14.5. The minimum absolute atomic E-state index is 0.199. The van der Waals surface area contributed by atoms with Gasteiger partial charge in [0.05, 0.1) is 5.69 Å². The van der Waals surface area contributed by atoms with Gasteiger partial charge in [-0.15, -0.1) is 0 Å². The molecule has 1 aliphatic rings. The van der Waals surface area contributed by atoms with Crippen LogP contribution in [0.4, 0.5) is 0 Å². The molecule has 1 saturated heterocycles. The number of hydrogen-bond acceptors (Lipinski definition) is 4. The molecular weight excluding hydrogens is 278 g/mol. The van der Waals surface area contributed by atoms with Crippen molar-refractivity contribution in [3.05, 3.63) is 16.5 Å². The van der Waals surface area contributed by atoms with Crippen molar-refractivity contribution < 1.29 is 9.32 Å². The predicted molar refractivity (Wildman–Crippen MR) is 77.8 cm³/mol. The van der Waals surface area contributed by atoms with Gasteiger partial charge in [0, 0.05) is 25.1 Å². The summed E-state index contributed by atoms with van der Waals surface area (Å²) in [6.45, 7) is 4.61. The Kier molecular flexibility index (Phi) is 5.43. The average molecular weight is 300 g/mol. The van der Waals surface area contributed by atoms with E-state index in [1.165, 1.54) is 0 Å². The SMILES string of the molecule is CNCC1CCN(C(=O)CCc2c(C)noc2Cl)CC1. The minimum Gasteiger partial charge on any atom is -0.344 e. The van der Waals surface area contributed by atoms with Gasteiger partial charge in [0.25, 0.3) is 0 Å². The summed E-state index contributed by atoms with van der Waals surface area (Å²) in [6, 6.07) is 0. The van der Waals surface area contributed by atoms with Crippen LogP contribution in [0.15, 0.2) is 4.52 Å². The monoisotopic (exact) mass is 299 g/mol. The number of aromatic nitrogens is 1. The molecular formula is C14H22ClN3O2. The lowest BCUT2D eigenvalue weighted by Gasteiger charge is -2.32. The van der Waals surface area contributed by atoms with Crippen LogP contribution in [0.3, 0.4) is 0 Å². The first-order chi connectivity index (χ1) is 9.61. The number of rotatable bonds is 5. The van der Waals surface area contributed by atoms with Crippen LogP contribution >= 0.6 is 11.6 Å². The van der Waals surface area contributed by atoms with Gasteiger partial charge in [-0.3, -0.25) is 4.79 Å². The Labute approximate surface area is 124 Å². The van der Waals surface area contributed by atoms with E-state index >= 15 is 0 Å². The van der Waals surface area contributed by atoms with E-state index in [1.807, 2.05) is 18.9 Å². The first kappa shape index (κ1) is 15.3. The van der Waals surface area contributed by atoms with Gasteiger partial charge in [-0.2, -0.15) is 0 Å². The van der Waals surface area contributed by atoms with Gasteiger partial charge in [-0.05, 0) is 57.3 Å². The lowest BCUT2D eigenvalue weighted by Crippen LogP contribution is -2.40. The molecule has 1 fully saturated rings. The van der Waals surface area contributed by atoms with Crippen molar-refractivity contribution in [2.24, 2.45) is 5.92 Å². The minimum atomic E-state index is 0.199. The fourth-order valence-electron chi connectivity index (χ4n) is 2.71. The fraction of sp³-hybridized carbons (Fsp3) is 0.714. The van der Waals surface area contributed by atoms with E-state index in [-0.39, 0.29) is 5.91 Å². The Morgan fingerprint density at radius 1 is 1.50 bits per heavy atom. The van der Waals surface area contributed by atoms with Crippen LogP contribution in [0, 0.1) is 12.8 Å². The summed E-state index contributed by atoms with van der Waals surface area (Å²) in [5.41, 5.74) is 1.63. The van der Waals surface area contributed by atoms with Crippen LogP contribution in [-0.4, -0.2) is 42.6 Å². The second kappa shape index (κ2) is 7.09. The second-order valence-electron chi connectivity index (χ2n) is 5.40. The Bertz CT molecular complexity index is 434.